The molecule has 0 fully saturated rings. The van der Waals surface area contributed by atoms with E-state index >= 15 is 0 Å². The second-order valence-electron chi connectivity index (χ2n) is 3.68. The minimum atomic E-state index is -5.26. The summed E-state index contributed by atoms with van der Waals surface area (Å²) >= 11 is 0. The van der Waals surface area contributed by atoms with Gasteiger partial charge < -0.3 is 10.5 Å². The number of hydrogen-bond donors (Lipinski definition) is 1. The van der Waals surface area contributed by atoms with E-state index < -0.39 is 34.9 Å². The van der Waals surface area contributed by atoms with Gasteiger partial charge in [0.2, 0.25) is 5.54 Å². The van der Waals surface area contributed by atoms with E-state index in [4.69, 9.17) is 5.73 Å². The molecular formula is C11H10F5NO2. The molecule has 8 heteroatoms. The molecule has 0 amide bonds. The molecule has 106 valence electrons. The predicted molar refractivity (Wildman–Crippen MR) is 54.9 cm³/mol. The summed E-state index contributed by atoms with van der Waals surface area (Å²) in [6.07, 6.45) is -5.26. The van der Waals surface area contributed by atoms with E-state index in [1.165, 1.54) is 6.92 Å². The SMILES string of the molecule is CCOC(=O)C(N)(c1cc(F)cc(F)c1)C(F)(F)F. The first-order valence-electron chi connectivity index (χ1n) is 5.12. The monoisotopic (exact) mass is 283 g/mol. The third-order valence-corrected chi connectivity index (χ3v) is 2.36. The van der Waals surface area contributed by atoms with Crippen molar-refractivity contribution in [2.75, 3.05) is 6.61 Å². The van der Waals surface area contributed by atoms with Crippen molar-refractivity contribution >= 4 is 5.97 Å². The van der Waals surface area contributed by atoms with Gasteiger partial charge in [-0.2, -0.15) is 13.2 Å². The van der Waals surface area contributed by atoms with Crippen molar-refractivity contribution in [2.45, 2.75) is 18.6 Å². The lowest BCUT2D eigenvalue weighted by atomic mass is 9.90. The molecule has 1 aromatic rings. The van der Waals surface area contributed by atoms with E-state index in [0.29, 0.717) is 18.2 Å². The highest BCUT2D eigenvalue weighted by Gasteiger charge is 2.60. The zero-order valence-electron chi connectivity index (χ0n) is 9.72. The Kier molecular flexibility index (Phi) is 4.14. The van der Waals surface area contributed by atoms with Crippen LogP contribution in [0.5, 0.6) is 0 Å². The summed E-state index contributed by atoms with van der Waals surface area (Å²) in [5, 5.41) is 0. The van der Waals surface area contributed by atoms with Gasteiger partial charge in [0.1, 0.15) is 11.6 Å². The average Bonchev–Trinajstić information content (AvgIpc) is 2.25. The van der Waals surface area contributed by atoms with Crippen LogP contribution in [0.3, 0.4) is 0 Å². The predicted octanol–water partition coefficient (Wildman–Crippen LogP) is 2.24. The third kappa shape index (κ3) is 2.83. The van der Waals surface area contributed by atoms with Crippen LogP contribution in [0.2, 0.25) is 0 Å². The fraction of sp³-hybridized carbons (Fsp3) is 0.364. The van der Waals surface area contributed by atoms with Gasteiger partial charge in [0, 0.05) is 6.07 Å². The molecule has 0 bridgehead atoms. The van der Waals surface area contributed by atoms with Gasteiger partial charge in [-0.25, -0.2) is 13.6 Å². The second kappa shape index (κ2) is 5.12. The number of carbonyl (C=O) groups excluding carboxylic acids is 1. The Labute approximate surface area is 105 Å². The first-order chi connectivity index (χ1) is 8.62. The Morgan fingerprint density at radius 3 is 2.05 bits per heavy atom. The molecule has 0 spiro atoms. The number of alkyl halides is 3. The number of nitrogens with two attached hydrogens (primary N) is 1. The smallest absolute Gasteiger partial charge is 0.421 e. The van der Waals surface area contributed by atoms with Gasteiger partial charge in [0.25, 0.3) is 0 Å². The zero-order valence-corrected chi connectivity index (χ0v) is 9.72. The van der Waals surface area contributed by atoms with E-state index in [-0.39, 0.29) is 6.61 Å². The van der Waals surface area contributed by atoms with Gasteiger partial charge in [0.05, 0.1) is 6.61 Å². The number of ether oxygens (including phenoxy) is 1. The Hall–Kier alpha value is -1.70. The molecule has 19 heavy (non-hydrogen) atoms. The van der Waals surface area contributed by atoms with Gasteiger partial charge in [-0.15, -0.1) is 0 Å². The van der Waals surface area contributed by atoms with E-state index in [1.807, 2.05) is 0 Å². The zero-order chi connectivity index (χ0) is 14.8. The molecule has 1 rings (SSSR count). The van der Waals surface area contributed by atoms with Gasteiger partial charge in [0.15, 0.2) is 0 Å². The van der Waals surface area contributed by atoms with Crippen LogP contribution >= 0.6 is 0 Å². The molecule has 0 heterocycles. The van der Waals surface area contributed by atoms with Crippen molar-refractivity contribution in [1.29, 1.82) is 0 Å². The highest BCUT2D eigenvalue weighted by molar-refractivity contribution is 5.83. The number of hydrogen-bond acceptors (Lipinski definition) is 3. The highest BCUT2D eigenvalue weighted by atomic mass is 19.4. The Bertz CT molecular complexity index is 468. The molecule has 0 aromatic heterocycles. The van der Waals surface area contributed by atoms with Gasteiger partial charge in [-0.3, -0.25) is 0 Å². The third-order valence-electron chi connectivity index (χ3n) is 2.36. The van der Waals surface area contributed by atoms with Crippen molar-refractivity contribution in [3.63, 3.8) is 0 Å². The second-order valence-corrected chi connectivity index (χ2v) is 3.68. The first kappa shape index (κ1) is 15.4. The van der Waals surface area contributed by atoms with E-state index in [9.17, 15) is 26.7 Å². The highest BCUT2D eigenvalue weighted by Crippen LogP contribution is 2.38. The molecule has 1 atom stereocenters. The standard InChI is InChI=1S/C11H10F5NO2/c1-2-19-9(18)10(17,11(14,15)16)6-3-7(12)5-8(13)4-6/h3-5H,2,17H2,1H3. The summed E-state index contributed by atoms with van der Waals surface area (Å²) < 4.78 is 69.1. The largest absolute Gasteiger partial charge is 0.464 e. The molecule has 0 radical (unpaired) electrons. The van der Waals surface area contributed by atoms with Gasteiger partial charge in [-0.1, -0.05) is 0 Å². The molecule has 0 saturated heterocycles. The fourth-order valence-electron chi connectivity index (χ4n) is 1.42. The fourth-order valence-corrected chi connectivity index (χ4v) is 1.42. The molecular weight excluding hydrogens is 273 g/mol. The van der Waals surface area contributed by atoms with Crippen LogP contribution in [-0.2, 0) is 15.1 Å². The van der Waals surface area contributed by atoms with Crippen LogP contribution in [0, 0.1) is 11.6 Å². The summed E-state index contributed by atoms with van der Waals surface area (Å²) in [6.45, 7) is 0.923. The maximum Gasteiger partial charge on any atom is 0.421 e. The summed E-state index contributed by atoms with van der Waals surface area (Å²) in [5.74, 6) is -4.38. The van der Waals surface area contributed by atoms with E-state index in [1.54, 1.807) is 0 Å². The van der Waals surface area contributed by atoms with Crippen LogP contribution < -0.4 is 5.73 Å². The molecule has 0 aliphatic heterocycles. The van der Waals surface area contributed by atoms with Crippen molar-refractivity contribution in [1.82, 2.24) is 0 Å². The number of carbonyl (C=O) groups is 1. The van der Waals surface area contributed by atoms with Crippen molar-refractivity contribution in [3.05, 3.63) is 35.4 Å². The summed E-state index contributed by atoms with van der Waals surface area (Å²) in [5.41, 5.74) is 0.352. The quantitative estimate of drug-likeness (QED) is 0.683. The number of rotatable bonds is 3. The maximum absolute atomic E-state index is 13.0. The molecule has 0 saturated carbocycles. The van der Waals surface area contributed by atoms with Crippen LogP contribution in [0.15, 0.2) is 18.2 Å². The molecule has 1 unspecified atom stereocenters. The number of halogens is 5. The summed E-state index contributed by atoms with van der Waals surface area (Å²) in [4.78, 5) is 11.4. The Balaban J connectivity index is 3.44. The van der Waals surface area contributed by atoms with Gasteiger partial charge in [-0.05, 0) is 24.6 Å². The molecule has 0 aliphatic carbocycles. The average molecular weight is 283 g/mol. The lowest BCUT2D eigenvalue weighted by Crippen LogP contribution is -2.57. The molecule has 1 aromatic carbocycles. The van der Waals surface area contributed by atoms with E-state index in [2.05, 4.69) is 4.74 Å². The Morgan fingerprint density at radius 2 is 1.68 bits per heavy atom. The van der Waals surface area contributed by atoms with Crippen molar-refractivity contribution < 1.29 is 31.5 Å². The molecule has 0 aliphatic rings. The summed E-state index contributed by atoms with van der Waals surface area (Å²) in [6, 6.07) is 1.05. The number of esters is 1. The first-order valence-corrected chi connectivity index (χ1v) is 5.12. The maximum atomic E-state index is 13.0. The molecule has 3 nitrogen and oxygen atoms in total. The van der Waals surface area contributed by atoms with Crippen LogP contribution in [0.1, 0.15) is 12.5 Å². The van der Waals surface area contributed by atoms with Crippen molar-refractivity contribution in [2.24, 2.45) is 5.73 Å². The van der Waals surface area contributed by atoms with Crippen molar-refractivity contribution in [3.8, 4) is 0 Å². The van der Waals surface area contributed by atoms with Crippen LogP contribution in [0.25, 0.3) is 0 Å². The number of benzene rings is 1. The minimum Gasteiger partial charge on any atom is -0.464 e. The lowest BCUT2D eigenvalue weighted by molar-refractivity contribution is -0.208. The van der Waals surface area contributed by atoms with Crippen LogP contribution in [0.4, 0.5) is 22.0 Å². The normalized spacial score (nSPS) is 14.9. The Morgan fingerprint density at radius 1 is 1.21 bits per heavy atom. The summed E-state index contributed by atoms with van der Waals surface area (Å²) in [7, 11) is 0. The minimum absolute atomic E-state index is 0.341. The van der Waals surface area contributed by atoms with Crippen LogP contribution in [-0.4, -0.2) is 18.8 Å². The lowest BCUT2D eigenvalue weighted by Gasteiger charge is -2.29. The molecule has 2 N–H and O–H groups in total. The topological polar surface area (TPSA) is 52.3 Å². The van der Waals surface area contributed by atoms with Gasteiger partial charge >= 0.3 is 12.1 Å². The van der Waals surface area contributed by atoms with E-state index in [0.717, 1.165) is 0 Å².